The maximum atomic E-state index is 2.89. The molecule has 1 aromatic carbocycles. The fourth-order valence-electron chi connectivity index (χ4n) is 0.342. The Kier molecular flexibility index (Phi) is 24.4. The summed E-state index contributed by atoms with van der Waals surface area (Å²) in [6, 6.07) is 12.5. The molecule has 0 aromatic heterocycles. The van der Waals surface area contributed by atoms with Gasteiger partial charge < -0.3 is 0 Å². The van der Waals surface area contributed by atoms with E-state index in [2.05, 4.69) is 6.07 Å². The van der Waals surface area contributed by atoms with E-state index in [0.29, 0.717) is 0 Å². The molecule has 0 atom stereocenters. The first-order valence-corrected chi connectivity index (χ1v) is 1.91. The summed E-state index contributed by atoms with van der Waals surface area (Å²) in [5.74, 6) is 0. The summed E-state index contributed by atoms with van der Waals surface area (Å²) in [5.41, 5.74) is 0. The maximum Gasteiger partial charge on any atom is 1.00 e. The van der Waals surface area contributed by atoms with Gasteiger partial charge in [0.2, 0.25) is 0 Å². The molecule has 0 unspecified atom stereocenters. The smallest absolute Gasteiger partial charge is 0.184 e. The third-order valence-corrected chi connectivity index (χ3v) is 0.607. The van der Waals surface area contributed by atoms with Gasteiger partial charge in [0, 0.05) is 55.4 Å². The van der Waals surface area contributed by atoms with Crippen LogP contribution in [0.4, 0.5) is 0 Å². The van der Waals surface area contributed by atoms with E-state index in [1.165, 1.54) is 0 Å². The summed E-state index contributed by atoms with van der Waals surface area (Å²) in [6.45, 7) is 0. The third kappa shape index (κ3) is 10.1. The van der Waals surface area contributed by atoms with Crippen molar-refractivity contribution in [1.29, 1.82) is 0 Å². The molecule has 0 aliphatic heterocycles. The van der Waals surface area contributed by atoms with Crippen LogP contribution in [0, 0.1) is 6.07 Å². The molecule has 0 aliphatic rings. The minimum Gasteiger partial charge on any atom is -0.184 e. The monoisotopic (exact) mass is 238 g/mol. The van der Waals surface area contributed by atoms with E-state index < -0.39 is 0 Å². The largest absolute Gasteiger partial charge is 1.00 e. The summed E-state index contributed by atoms with van der Waals surface area (Å²) < 4.78 is 0. The quantitative estimate of drug-likeness (QED) is 0.353. The van der Waals surface area contributed by atoms with Crippen molar-refractivity contribution in [2.45, 2.75) is 0 Å². The number of benzene rings is 1. The maximum absolute atomic E-state index is 2.89. The van der Waals surface area contributed by atoms with Crippen molar-refractivity contribution in [2.24, 2.45) is 0 Å². The summed E-state index contributed by atoms with van der Waals surface area (Å²) in [7, 11) is 0. The van der Waals surface area contributed by atoms with Gasteiger partial charge >= 0.3 is 29.6 Å². The van der Waals surface area contributed by atoms with E-state index in [4.69, 9.17) is 0 Å². The predicted molar refractivity (Wildman–Crippen MR) is 36.8 cm³/mol. The van der Waals surface area contributed by atoms with Crippen LogP contribution >= 0.6 is 0 Å². The van der Waals surface area contributed by atoms with Crippen LogP contribution in [0.1, 0.15) is 0 Å². The molecule has 3 heteroatoms. The summed E-state index contributed by atoms with van der Waals surface area (Å²) in [5, 5.41) is 0. The minimum atomic E-state index is 0. The van der Waals surface area contributed by atoms with Crippen molar-refractivity contribution in [3.63, 3.8) is 0 Å². The second kappa shape index (κ2) is 12.7. The first-order valence-electron chi connectivity index (χ1n) is 1.91. The van der Waals surface area contributed by atoms with Crippen molar-refractivity contribution in [1.82, 2.24) is 0 Å². The predicted octanol–water partition coefficient (Wildman–Crippen LogP) is -2.27. The van der Waals surface area contributed by atoms with Crippen LogP contribution in [0.2, 0.25) is 0 Å². The molecule has 34 valence electrons. The van der Waals surface area contributed by atoms with Crippen molar-refractivity contribution >= 4 is 55.4 Å². The molecule has 0 N–H and O–H groups in total. The van der Waals surface area contributed by atoms with Crippen LogP contribution in [0.5, 0.6) is 0 Å². The fraction of sp³-hybridized carbons (Fsp3) is 0. The number of hydrogen-bond donors (Lipinski definition) is 0. The third-order valence-electron chi connectivity index (χ3n) is 0.607. The Morgan fingerprint density at radius 2 is 1.33 bits per heavy atom. The summed E-state index contributed by atoms with van der Waals surface area (Å²) in [4.78, 5) is 0. The second-order valence-corrected chi connectivity index (χ2v) is 1.08. The Labute approximate surface area is 119 Å². The van der Waals surface area contributed by atoms with E-state index in [1.54, 1.807) is 0 Å². The van der Waals surface area contributed by atoms with Crippen LogP contribution in [0.15, 0.2) is 30.3 Å². The topological polar surface area (TPSA) is 0 Å². The van der Waals surface area contributed by atoms with Crippen molar-refractivity contribution < 1.29 is 29.6 Å². The molecule has 0 aliphatic carbocycles. The van der Waals surface area contributed by atoms with Gasteiger partial charge in [-0.3, -0.25) is 0 Å². The minimum absolute atomic E-state index is 0. The van der Waals surface area contributed by atoms with Crippen molar-refractivity contribution in [3.05, 3.63) is 36.4 Å². The zero-order valence-electron chi connectivity index (χ0n) is 5.96. The van der Waals surface area contributed by atoms with Gasteiger partial charge in [-0.15, -0.1) is 0 Å². The van der Waals surface area contributed by atoms with Gasteiger partial charge in [-0.05, 0) is 0 Å². The van der Waals surface area contributed by atoms with Crippen LogP contribution in [0.3, 0.4) is 0 Å². The Hall–Kier alpha value is 2.09. The molecular formula is C6H5InNa2. The van der Waals surface area contributed by atoms with Crippen LogP contribution < -0.4 is 29.6 Å². The van der Waals surface area contributed by atoms with E-state index >= 15 is 0 Å². The fourth-order valence-corrected chi connectivity index (χ4v) is 0.342. The molecule has 0 heterocycles. The Bertz CT molecular complexity index is 83.0. The number of rotatable bonds is 0. The normalized spacial score (nSPS) is 5.33. The van der Waals surface area contributed by atoms with Gasteiger partial charge in [-0.1, -0.05) is 0 Å². The average Bonchev–Trinajstić information content (AvgIpc) is 1.72. The molecule has 0 spiro atoms. The van der Waals surface area contributed by atoms with Crippen LogP contribution in [-0.4, -0.2) is 55.4 Å². The van der Waals surface area contributed by atoms with Crippen molar-refractivity contribution in [3.8, 4) is 0 Å². The van der Waals surface area contributed by atoms with Gasteiger partial charge in [0.25, 0.3) is 0 Å². The molecule has 0 nitrogen and oxygen atoms in total. The molecule has 1 rings (SSSR count). The molecule has 4 radical (unpaired) electrons. The SMILES string of the molecule is [In].[Na+].[Na].[c-]1ccccc1. The van der Waals surface area contributed by atoms with Gasteiger partial charge in [0.05, 0.1) is 0 Å². The van der Waals surface area contributed by atoms with Crippen LogP contribution in [-0.2, 0) is 0 Å². The average molecular weight is 238 g/mol. The molecular weight excluding hydrogens is 233 g/mol. The van der Waals surface area contributed by atoms with E-state index in [-0.39, 0.29) is 85.0 Å². The molecule has 0 fully saturated rings. The zero-order chi connectivity index (χ0) is 4.24. The van der Waals surface area contributed by atoms with Crippen molar-refractivity contribution in [2.75, 3.05) is 0 Å². The Morgan fingerprint density at radius 1 is 0.889 bits per heavy atom. The molecule has 0 bridgehead atoms. The molecule has 0 saturated heterocycles. The zero-order valence-corrected chi connectivity index (χ0v) is 13.3. The molecule has 0 saturated carbocycles. The summed E-state index contributed by atoms with van der Waals surface area (Å²) >= 11 is 0. The van der Waals surface area contributed by atoms with Gasteiger partial charge in [-0.2, -0.15) is 36.4 Å². The molecule has 9 heavy (non-hydrogen) atoms. The first kappa shape index (κ1) is 17.3. The van der Waals surface area contributed by atoms with Gasteiger partial charge in [0.1, 0.15) is 0 Å². The number of hydrogen-bond acceptors (Lipinski definition) is 0. The summed E-state index contributed by atoms with van der Waals surface area (Å²) in [6.07, 6.45) is 0. The Balaban J connectivity index is -0.000000120. The Morgan fingerprint density at radius 3 is 1.44 bits per heavy atom. The van der Waals surface area contributed by atoms with Gasteiger partial charge in [-0.25, -0.2) is 0 Å². The second-order valence-electron chi connectivity index (χ2n) is 1.08. The standard InChI is InChI=1S/C6H5.In.2Na/c1-2-4-6-5-3-1;;;/h1-5H;;;/q-1;;;+1. The van der Waals surface area contributed by atoms with Gasteiger partial charge in [0.15, 0.2) is 0 Å². The molecule has 1 aromatic rings. The van der Waals surface area contributed by atoms with E-state index in [0.717, 1.165) is 0 Å². The molecule has 0 amide bonds. The van der Waals surface area contributed by atoms with E-state index in [1.807, 2.05) is 30.3 Å². The van der Waals surface area contributed by atoms with Crippen LogP contribution in [0.25, 0.3) is 0 Å². The van der Waals surface area contributed by atoms with E-state index in [9.17, 15) is 0 Å². The first-order chi connectivity index (χ1) is 3.00.